The second kappa shape index (κ2) is 10.5. The molecule has 0 amide bonds. The Morgan fingerprint density at radius 2 is 1.00 bits per heavy atom. The van der Waals surface area contributed by atoms with Crippen LogP contribution in [0.4, 0.5) is 9.59 Å². The highest BCUT2D eigenvalue weighted by Crippen LogP contribution is 2.31. The molecule has 0 aliphatic carbocycles. The first-order chi connectivity index (χ1) is 14.4. The van der Waals surface area contributed by atoms with E-state index in [9.17, 15) is 9.59 Å². The van der Waals surface area contributed by atoms with E-state index in [-0.39, 0.29) is 22.3 Å². The summed E-state index contributed by atoms with van der Waals surface area (Å²) in [5.74, 6) is 0.206. The molecular formula is C24H38O8. The molecule has 0 radical (unpaired) electrons. The summed E-state index contributed by atoms with van der Waals surface area (Å²) in [4.78, 5) is 44.0. The van der Waals surface area contributed by atoms with E-state index in [1.54, 1.807) is 6.07 Å². The predicted molar refractivity (Wildman–Crippen MR) is 119 cm³/mol. The molecular weight excluding hydrogens is 416 g/mol. The van der Waals surface area contributed by atoms with Gasteiger partial charge in [0.05, 0.1) is 0 Å². The van der Waals surface area contributed by atoms with E-state index in [1.807, 2.05) is 27.7 Å². The highest BCUT2D eigenvalue weighted by atomic mass is 17.2. The van der Waals surface area contributed by atoms with Crippen molar-refractivity contribution >= 4 is 12.3 Å². The number of rotatable bonds is 8. The first kappa shape index (κ1) is 27.7. The van der Waals surface area contributed by atoms with Gasteiger partial charge in [0.15, 0.2) is 0 Å². The zero-order chi connectivity index (χ0) is 24.8. The van der Waals surface area contributed by atoms with Crippen LogP contribution in [0.25, 0.3) is 0 Å². The van der Waals surface area contributed by atoms with Crippen LogP contribution in [-0.4, -0.2) is 23.5 Å². The summed E-state index contributed by atoms with van der Waals surface area (Å²) in [5, 5.41) is 0. The standard InChI is InChI=1S/C24H38O8/c1-21(2,3)15-23(7,8)31-29-19(25)27-17-12-11-13-18(14-17)28-20(26)30-32-24(9,10)16-22(4,5)6/h11-14H,15-16H2,1-10H3. The molecule has 0 bridgehead atoms. The van der Waals surface area contributed by atoms with Gasteiger partial charge in [0.2, 0.25) is 0 Å². The van der Waals surface area contributed by atoms with Crippen LogP contribution in [0.2, 0.25) is 0 Å². The third-order valence-electron chi connectivity index (χ3n) is 3.79. The molecule has 0 atom stereocenters. The molecule has 0 aromatic heterocycles. The molecule has 32 heavy (non-hydrogen) atoms. The smallest absolute Gasteiger partial charge is 0.393 e. The lowest BCUT2D eigenvalue weighted by Crippen LogP contribution is -2.32. The summed E-state index contributed by atoms with van der Waals surface area (Å²) in [7, 11) is 0. The van der Waals surface area contributed by atoms with Crippen molar-refractivity contribution in [1.29, 1.82) is 0 Å². The zero-order valence-corrected chi connectivity index (χ0v) is 21.0. The normalized spacial score (nSPS) is 12.8. The van der Waals surface area contributed by atoms with Crippen molar-refractivity contribution in [2.75, 3.05) is 0 Å². The van der Waals surface area contributed by atoms with E-state index in [4.69, 9.17) is 29.0 Å². The monoisotopic (exact) mass is 454 g/mol. The second-order valence-electron chi connectivity index (χ2n) is 11.5. The third-order valence-corrected chi connectivity index (χ3v) is 3.79. The van der Waals surface area contributed by atoms with Crippen LogP contribution < -0.4 is 9.47 Å². The second-order valence-corrected chi connectivity index (χ2v) is 11.5. The number of ether oxygens (including phenoxy) is 2. The lowest BCUT2D eigenvalue weighted by Gasteiger charge is -2.30. The summed E-state index contributed by atoms with van der Waals surface area (Å²) in [6.07, 6.45) is -0.765. The van der Waals surface area contributed by atoms with Gasteiger partial charge in [-0.3, -0.25) is 9.78 Å². The third kappa shape index (κ3) is 12.5. The van der Waals surface area contributed by atoms with E-state index in [0.29, 0.717) is 12.8 Å². The topological polar surface area (TPSA) is 89.5 Å². The van der Waals surface area contributed by atoms with Gasteiger partial charge in [-0.05, 0) is 63.5 Å². The Morgan fingerprint density at radius 1 is 0.656 bits per heavy atom. The molecule has 8 nitrogen and oxygen atoms in total. The molecule has 0 N–H and O–H groups in total. The highest BCUT2D eigenvalue weighted by molar-refractivity contribution is 5.65. The summed E-state index contributed by atoms with van der Waals surface area (Å²) >= 11 is 0. The van der Waals surface area contributed by atoms with Crippen molar-refractivity contribution in [3.63, 3.8) is 0 Å². The minimum absolute atomic E-state index is 0.0112. The van der Waals surface area contributed by atoms with Crippen molar-refractivity contribution in [3.8, 4) is 11.5 Å². The average Bonchev–Trinajstić information content (AvgIpc) is 2.55. The molecule has 0 fully saturated rings. The van der Waals surface area contributed by atoms with Crippen molar-refractivity contribution in [2.45, 2.75) is 93.3 Å². The van der Waals surface area contributed by atoms with Crippen LogP contribution in [0.3, 0.4) is 0 Å². The first-order valence-corrected chi connectivity index (χ1v) is 10.6. The molecule has 0 spiro atoms. The summed E-state index contributed by atoms with van der Waals surface area (Å²) in [6, 6.07) is 5.88. The number of benzene rings is 1. The van der Waals surface area contributed by atoms with E-state index in [2.05, 4.69) is 41.5 Å². The maximum absolute atomic E-state index is 12.0. The Kier molecular flexibility index (Phi) is 9.12. The van der Waals surface area contributed by atoms with Crippen LogP contribution in [0, 0.1) is 10.8 Å². The lowest BCUT2D eigenvalue weighted by molar-refractivity contribution is -0.319. The highest BCUT2D eigenvalue weighted by Gasteiger charge is 2.30. The van der Waals surface area contributed by atoms with E-state index < -0.39 is 23.5 Å². The molecule has 1 aromatic carbocycles. The summed E-state index contributed by atoms with van der Waals surface area (Å²) in [5.41, 5.74) is -1.40. The molecule has 8 heteroatoms. The molecule has 0 saturated heterocycles. The van der Waals surface area contributed by atoms with Gasteiger partial charge >= 0.3 is 12.3 Å². The molecule has 0 heterocycles. The summed E-state index contributed by atoms with van der Waals surface area (Å²) < 4.78 is 10.2. The molecule has 0 aliphatic rings. The Labute approximate surface area is 191 Å². The van der Waals surface area contributed by atoms with Crippen LogP contribution in [0.1, 0.15) is 82.1 Å². The van der Waals surface area contributed by atoms with Crippen molar-refractivity contribution < 1.29 is 38.6 Å². The molecule has 0 aliphatic heterocycles. The Hall–Kier alpha value is -2.32. The van der Waals surface area contributed by atoms with Crippen molar-refractivity contribution in [3.05, 3.63) is 24.3 Å². The molecule has 1 aromatic rings. The Balaban J connectivity index is 2.57. The molecule has 182 valence electrons. The minimum atomic E-state index is -1.04. The fraction of sp³-hybridized carbons (Fsp3) is 0.667. The van der Waals surface area contributed by atoms with Crippen LogP contribution in [0.15, 0.2) is 24.3 Å². The lowest BCUT2D eigenvalue weighted by atomic mass is 9.84. The summed E-state index contributed by atoms with van der Waals surface area (Å²) in [6.45, 7) is 19.6. The van der Waals surface area contributed by atoms with Gasteiger partial charge in [-0.1, -0.05) is 47.6 Å². The molecule has 0 unspecified atom stereocenters. The van der Waals surface area contributed by atoms with E-state index in [1.165, 1.54) is 18.2 Å². The average molecular weight is 455 g/mol. The number of hydrogen-bond acceptors (Lipinski definition) is 8. The molecule has 1 rings (SSSR count). The van der Waals surface area contributed by atoms with Crippen molar-refractivity contribution in [2.24, 2.45) is 10.8 Å². The van der Waals surface area contributed by atoms with Crippen LogP contribution in [-0.2, 0) is 19.6 Å². The van der Waals surface area contributed by atoms with Crippen LogP contribution in [0.5, 0.6) is 11.5 Å². The van der Waals surface area contributed by atoms with Crippen LogP contribution >= 0.6 is 0 Å². The number of carbonyl (C=O) groups is 2. The van der Waals surface area contributed by atoms with Gasteiger partial charge in [0.1, 0.15) is 22.7 Å². The van der Waals surface area contributed by atoms with Gasteiger partial charge in [-0.15, -0.1) is 0 Å². The van der Waals surface area contributed by atoms with E-state index in [0.717, 1.165) is 0 Å². The van der Waals surface area contributed by atoms with Gasteiger partial charge in [0.25, 0.3) is 0 Å². The quantitative estimate of drug-likeness (QED) is 0.179. The van der Waals surface area contributed by atoms with Gasteiger partial charge < -0.3 is 9.47 Å². The maximum atomic E-state index is 12.0. The van der Waals surface area contributed by atoms with Gasteiger partial charge in [0, 0.05) is 6.07 Å². The number of carbonyl (C=O) groups excluding carboxylic acids is 2. The van der Waals surface area contributed by atoms with Crippen molar-refractivity contribution in [1.82, 2.24) is 0 Å². The van der Waals surface area contributed by atoms with Gasteiger partial charge in [-0.2, -0.15) is 9.78 Å². The zero-order valence-electron chi connectivity index (χ0n) is 21.0. The predicted octanol–water partition coefficient (Wildman–Crippen LogP) is 7.01. The Bertz CT molecular complexity index is 708. The SMILES string of the molecule is CC(C)(C)CC(C)(C)OOC(=O)Oc1cccc(OC(=O)OOC(C)(C)CC(C)(C)C)c1. The first-order valence-electron chi connectivity index (χ1n) is 10.6. The fourth-order valence-electron chi connectivity index (χ4n) is 3.73. The fourth-order valence-corrected chi connectivity index (χ4v) is 3.73. The maximum Gasteiger partial charge on any atom is 0.546 e. The minimum Gasteiger partial charge on any atom is -0.393 e. The Morgan fingerprint density at radius 3 is 1.31 bits per heavy atom. The molecule has 0 saturated carbocycles. The number of hydrogen-bond donors (Lipinski definition) is 0. The largest absolute Gasteiger partial charge is 0.546 e. The van der Waals surface area contributed by atoms with E-state index >= 15 is 0 Å². The van der Waals surface area contributed by atoms with Gasteiger partial charge in [-0.25, -0.2) is 9.59 Å².